The highest BCUT2D eigenvalue weighted by Crippen LogP contribution is 2.29. The topological polar surface area (TPSA) is 80.8 Å². The SMILES string of the molecule is CC(=O)CN1CCc2cc(OS(=O)(=O)C(F)(F)F)ccc2C1=O. The molecule has 0 saturated heterocycles. The Bertz CT molecular complexity index is 757. The standard InChI is InChI=1S/C13H12F3NO5S/c1-8(18)7-17-5-4-9-6-10(2-3-11(9)12(17)19)22-23(20,21)13(14,15)16/h2-3,6H,4-5,7H2,1H3. The summed E-state index contributed by atoms with van der Waals surface area (Å²) in [5.41, 5.74) is -4.96. The average Bonchev–Trinajstić information content (AvgIpc) is 2.40. The van der Waals surface area contributed by atoms with Gasteiger partial charge in [-0.2, -0.15) is 21.6 Å². The molecule has 126 valence electrons. The van der Waals surface area contributed by atoms with Crippen LogP contribution < -0.4 is 4.18 Å². The molecule has 1 heterocycles. The van der Waals surface area contributed by atoms with Gasteiger partial charge in [-0.05, 0) is 37.1 Å². The molecule has 2 rings (SSSR count). The highest BCUT2D eigenvalue weighted by atomic mass is 32.2. The van der Waals surface area contributed by atoms with Crippen LogP contribution in [0.4, 0.5) is 13.2 Å². The zero-order chi connectivity index (χ0) is 17.4. The lowest BCUT2D eigenvalue weighted by molar-refractivity contribution is -0.117. The lowest BCUT2D eigenvalue weighted by atomic mass is 9.98. The minimum atomic E-state index is -5.76. The van der Waals surface area contributed by atoms with Gasteiger partial charge in [-0.3, -0.25) is 9.59 Å². The van der Waals surface area contributed by atoms with Crippen LogP contribution in [0.2, 0.25) is 0 Å². The second-order valence-electron chi connectivity index (χ2n) is 4.98. The number of Topliss-reactive ketones (excluding diaryl/α,β-unsaturated/α-hetero) is 1. The quantitative estimate of drug-likeness (QED) is 0.607. The van der Waals surface area contributed by atoms with Crippen LogP contribution in [0.1, 0.15) is 22.8 Å². The molecule has 10 heteroatoms. The van der Waals surface area contributed by atoms with Gasteiger partial charge in [-0.15, -0.1) is 0 Å². The Morgan fingerprint density at radius 1 is 1.35 bits per heavy atom. The third-order valence-electron chi connectivity index (χ3n) is 3.15. The fourth-order valence-corrected chi connectivity index (χ4v) is 2.61. The number of ketones is 1. The van der Waals surface area contributed by atoms with Crippen molar-refractivity contribution in [1.82, 2.24) is 4.90 Å². The summed E-state index contributed by atoms with van der Waals surface area (Å²) in [5.74, 6) is -1.15. The number of rotatable bonds is 4. The van der Waals surface area contributed by atoms with Crippen LogP contribution in [-0.2, 0) is 21.3 Å². The van der Waals surface area contributed by atoms with E-state index in [0.29, 0.717) is 5.56 Å². The van der Waals surface area contributed by atoms with E-state index >= 15 is 0 Å². The normalized spacial score (nSPS) is 15.3. The van der Waals surface area contributed by atoms with Crippen molar-refractivity contribution in [3.8, 4) is 5.75 Å². The monoisotopic (exact) mass is 351 g/mol. The Balaban J connectivity index is 2.26. The summed E-state index contributed by atoms with van der Waals surface area (Å²) in [5, 5.41) is 0. The summed E-state index contributed by atoms with van der Waals surface area (Å²) in [6, 6.07) is 3.24. The predicted octanol–water partition coefficient (Wildman–Crippen LogP) is 1.50. The number of hydrogen-bond donors (Lipinski definition) is 0. The first-order valence-corrected chi connectivity index (χ1v) is 7.84. The van der Waals surface area contributed by atoms with Gasteiger partial charge in [0.05, 0.1) is 6.54 Å². The van der Waals surface area contributed by atoms with E-state index in [4.69, 9.17) is 0 Å². The summed E-state index contributed by atoms with van der Waals surface area (Å²) in [6.07, 6.45) is 0.275. The Morgan fingerprint density at radius 3 is 2.57 bits per heavy atom. The fraction of sp³-hybridized carbons (Fsp3) is 0.385. The third-order valence-corrected chi connectivity index (χ3v) is 4.13. The van der Waals surface area contributed by atoms with Crippen LogP contribution >= 0.6 is 0 Å². The molecule has 23 heavy (non-hydrogen) atoms. The molecule has 0 aliphatic carbocycles. The van der Waals surface area contributed by atoms with E-state index in [2.05, 4.69) is 4.18 Å². The average molecular weight is 351 g/mol. The maximum atomic E-state index is 12.3. The highest BCUT2D eigenvalue weighted by Gasteiger charge is 2.48. The van der Waals surface area contributed by atoms with E-state index < -0.39 is 27.3 Å². The van der Waals surface area contributed by atoms with Gasteiger partial charge in [0.25, 0.3) is 5.91 Å². The molecule has 0 saturated carbocycles. The van der Waals surface area contributed by atoms with E-state index in [9.17, 15) is 31.2 Å². The summed E-state index contributed by atoms with van der Waals surface area (Å²) >= 11 is 0. The molecular formula is C13H12F3NO5S. The number of nitrogens with zero attached hydrogens (tertiary/aromatic N) is 1. The minimum Gasteiger partial charge on any atom is -0.376 e. The molecule has 0 bridgehead atoms. The van der Waals surface area contributed by atoms with Crippen molar-refractivity contribution in [2.75, 3.05) is 13.1 Å². The number of carbonyl (C=O) groups is 2. The first-order chi connectivity index (χ1) is 10.5. The molecule has 1 aromatic rings. The van der Waals surface area contributed by atoms with Crippen LogP contribution in [-0.4, -0.2) is 43.6 Å². The van der Waals surface area contributed by atoms with Crippen molar-refractivity contribution >= 4 is 21.8 Å². The number of hydrogen-bond acceptors (Lipinski definition) is 5. The van der Waals surface area contributed by atoms with E-state index in [1.807, 2.05) is 0 Å². The van der Waals surface area contributed by atoms with Gasteiger partial charge < -0.3 is 9.08 Å². The lowest BCUT2D eigenvalue weighted by Crippen LogP contribution is -2.40. The van der Waals surface area contributed by atoms with Gasteiger partial charge in [0, 0.05) is 12.1 Å². The molecule has 0 fully saturated rings. The Morgan fingerprint density at radius 2 is 2.00 bits per heavy atom. The number of amides is 1. The number of carbonyl (C=O) groups excluding carboxylic acids is 2. The van der Waals surface area contributed by atoms with E-state index in [1.54, 1.807) is 0 Å². The number of benzene rings is 1. The van der Waals surface area contributed by atoms with Gasteiger partial charge in [0.1, 0.15) is 11.5 Å². The number of alkyl halides is 3. The van der Waals surface area contributed by atoms with Crippen molar-refractivity contribution < 1.29 is 35.4 Å². The Hall–Kier alpha value is -2.10. The molecule has 1 aliphatic rings. The molecule has 0 atom stereocenters. The van der Waals surface area contributed by atoms with Crippen molar-refractivity contribution in [2.24, 2.45) is 0 Å². The van der Waals surface area contributed by atoms with E-state index in [0.717, 1.165) is 12.1 Å². The lowest BCUT2D eigenvalue weighted by Gasteiger charge is -2.27. The summed E-state index contributed by atoms with van der Waals surface area (Å²) < 4.78 is 62.8. The molecule has 6 nitrogen and oxygen atoms in total. The van der Waals surface area contributed by atoms with Crippen molar-refractivity contribution in [1.29, 1.82) is 0 Å². The van der Waals surface area contributed by atoms with Gasteiger partial charge in [-0.1, -0.05) is 0 Å². The zero-order valence-corrected chi connectivity index (χ0v) is 12.7. The van der Waals surface area contributed by atoms with Crippen LogP contribution in [0.3, 0.4) is 0 Å². The molecular weight excluding hydrogens is 339 g/mol. The van der Waals surface area contributed by atoms with Gasteiger partial charge in [0.15, 0.2) is 0 Å². The molecule has 1 amide bonds. The third kappa shape index (κ3) is 3.63. The summed E-state index contributed by atoms with van der Waals surface area (Å²) in [4.78, 5) is 24.5. The molecule has 0 radical (unpaired) electrons. The van der Waals surface area contributed by atoms with Crippen molar-refractivity contribution in [3.63, 3.8) is 0 Å². The summed E-state index contributed by atoms with van der Waals surface area (Å²) in [7, 11) is -5.76. The van der Waals surface area contributed by atoms with Crippen molar-refractivity contribution in [3.05, 3.63) is 29.3 Å². The first kappa shape index (κ1) is 17.3. The minimum absolute atomic E-state index is 0.0566. The molecule has 0 spiro atoms. The van der Waals surface area contributed by atoms with Crippen LogP contribution in [0.5, 0.6) is 5.75 Å². The number of fused-ring (bicyclic) bond motifs is 1. The number of halogens is 3. The molecule has 0 aromatic heterocycles. The predicted molar refractivity (Wildman–Crippen MR) is 72.3 cm³/mol. The fourth-order valence-electron chi connectivity index (χ4n) is 2.16. The Kier molecular flexibility index (Phi) is 4.38. The van der Waals surface area contributed by atoms with Gasteiger partial charge >= 0.3 is 15.6 Å². The van der Waals surface area contributed by atoms with Crippen LogP contribution in [0.25, 0.3) is 0 Å². The Labute approximate surface area is 130 Å². The second kappa shape index (κ2) is 5.84. The second-order valence-corrected chi connectivity index (χ2v) is 6.52. The maximum Gasteiger partial charge on any atom is 0.534 e. The first-order valence-electron chi connectivity index (χ1n) is 6.43. The molecule has 1 aliphatic heterocycles. The molecule has 1 aromatic carbocycles. The van der Waals surface area contributed by atoms with Gasteiger partial charge in [0.2, 0.25) is 0 Å². The smallest absolute Gasteiger partial charge is 0.376 e. The highest BCUT2D eigenvalue weighted by molar-refractivity contribution is 7.88. The van der Waals surface area contributed by atoms with Crippen molar-refractivity contribution in [2.45, 2.75) is 18.9 Å². The van der Waals surface area contributed by atoms with E-state index in [1.165, 1.54) is 17.9 Å². The van der Waals surface area contributed by atoms with E-state index in [-0.39, 0.29) is 30.9 Å². The molecule has 0 unspecified atom stereocenters. The maximum absolute atomic E-state index is 12.3. The largest absolute Gasteiger partial charge is 0.534 e. The van der Waals surface area contributed by atoms with Crippen LogP contribution in [0, 0.1) is 0 Å². The zero-order valence-electron chi connectivity index (χ0n) is 11.9. The summed E-state index contributed by atoms with van der Waals surface area (Å²) in [6.45, 7) is 1.49. The van der Waals surface area contributed by atoms with Gasteiger partial charge in [-0.25, -0.2) is 0 Å². The van der Waals surface area contributed by atoms with Crippen LogP contribution in [0.15, 0.2) is 18.2 Å². The molecule has 0 N–H and O–H groups in total.